The van der Waals surface area contributed by atoms with E-state index in [-0.39, 0.29) is 0 Å². The van der Waals surface area contributed by atoms with Gasteiger partial charge in [-0.15, -0.1) is 6.58 Å². The highest BCUT2D eigenvalue weighted by Gasteiger charge is 2.14. The molecule has 0 aliphatic rings. The van der Waals surface area contributed by atoms with Gasteiger partial charge in [-0.3, -0.25) is 0 Å². The maximum absolute atomic E-state index is 9.92. The lowest BCUT2D eigenvalue weighted by Gasteiger charge is -2.09. The molecule has 0 aromatic heterocycles. The van der Waals surface area contributed by atoms with Crippen molar-refractivity contribution in [2.75, 3.05) is 0 Å². The lowest BCUT2D eigenvalue weighted by Crippen LogP contribution is -2.13. The predicted octanol–water partition coefficient (Wildman–Crippen LogP) is 2.11. The summed E-state index contributed by atoms with van der Waals surface area (Å²) in [5.41, 5.74) is -0.457. The van der Waals surface area contributed by atoms with Gasteiger partial charge in [0.15, 0.2) is 0 Å². The van der Waals surface area contributed by atoms with Crippen LogP contribution in [-0.4, -0.2) is 5.54 Å². The van der Waals surface area contributed by atoms with Crippen LogP contribution in [0.4, 0.5) is 0 Å². The highest BCUT2D eigenvalue weighted by Crippen LogP contribution is 2.12. The van der Waals surface area contributed by atoms with Gasteiger partial charge in [0.1, 0.15) is 5.54 Å². The zero-order valence-electron chi connectivity index (χ0n) is 5.35. The normalized spacial score (nSPS) is 10.8. The van der Waals surface area contributed by atoms with Gasteiger partial charge in [0.25, 0.3) is 0 Å². The largest absolute Gasteiger partial charge is 0.150 e. The molecule has 0 saturated carbocycles. The molecule has 0 heterocycles. The van der Waals surface area contributed by atoms with Crippen LogP contribution < -0.4 is 0 Å². The Kier molecular flexibility index (Phi) is 2.38. The second kappa shape index (κ2) is 2.60. The van der Waals surface area contributed by atoms with E-state index >= 15 is 0 Å². The van der Waals surface area contributed by atoms with Gasteiger partial charge in [-0.05, 0) is 20.3 Å². The molecule has 0 bridgehead atoms. The molecule has 0 N–H and O–H groups in total. The van der Waals surface area contributed by atoms with Crippen LogP contribution in [0.15, 0.2) is 17.8 Å². The minimum atomic E-state index is -0.457. The van der Waals surface area contributed by atoms with Crippen molar-refractivity contribution in [3.8, 4) is 0 Å². The van der Waals surface area contributed by atoms with Gasteiger partial charge in [-0.25, -0.2) is 0 Å². The average molecular weight is 113 g/mol. The van der Waals surface area contributed by atoms with Crippen molar-refractivity contribution in [1.82, 2.24) is 0 Å². The van der Waals surface area contributed by atoms with E-state index in [2.05, 4.69) is 11.8 Å². The zero-order chi connectivity index (χ0) is 6.62. The van der Waals surface area contributed by atoms with Crippen molar-refractivity contribution in [3.05, 3.63) is 17.6 Å². The van der Waals surface area contributed by atoms with Crippen LogP contribution in [-0.2, 0) is 0 Å². The first-order chi connectivity index (χ1) is 3.62. The van der Waals surface area contributed by atoms with E-state index in [0.29, 0.717) is 6.42 Å². The first-order valence-electron chi connectivity index (χ1n) is 2.58. The maximum atomic E-state index is 9.92. The van der Waals surface area contributed by atoms with Crippen LogP contribution in [0.1, 0.15) is 20.3 Å². The molecule has 0 amide bonds. The Morgan fingerprint density at radius 2 is 2.25 bits per heavy atom. The number of nitroso groups, excluding NO2 is 1. The Morgan fingerprint density at radius 1 is 1.75 bits per heavy atom. The fourth-order valence-corrected chi connectivity index (χ4v) is 0.390. The summed E-state index contributed by atoms with van der Waals surface area (Å²) in [7, 11) is 0. The summed E-state index contributed by atoms with van der Waals surface area (Å²) in [5.74, 6) is 0. The van der Waals surface area contributed by atoms with Gasteiger partial charge < -0.3 is 0 Å². The fraction of sp³-hybridized carbons (Fsp3) is 0.667. The van der Waals surface area contributed by atoms with Crippen LogP contribution in [0.3, 0.4) is 0 Å². The molecule has 0 aliphatic carbocycles. The van der Waals surface area contributed by atoms with Crippen molar-refractivity contribution >= 4 is 0 Å². The Balaban J connectivity index is 3.70. The molecule has 2 nitrogen and oxygen atoms in total. The molecule has 0 aromatic carbocycles. The van der Waals surface area contributed by atoms with E-state index in [0.717, 1.165) is 0 Å². The first-order valence-corrected chi connectivity index (χ1v) is 2.58. The third-order valence-corrected chi connectivity index (χ3v) is 0.891. The lowest BCUT2D eigenvalue weighted by atomic mass is 10.0. The number of hydrogen-bond donors (Lipinski definition) is 0. The summed E-state index contributed by atoms with van der Waals surface area (Å²) in [5, 5.41) is 2.89. The highest BCUT2D eigenvalue weighted by molar-refractivity contribution is 4.85. The van der Waals surface area contributed by atoms with E-state index in [1.165, 1.54) is 0 Å². The van der Waals surface area contributed by atoms with Crippen LogP contribution in [0.2, 0.25) is 0 Å². The van der Waals surface area contributed by atoms with E-state index in [1.807, 2.05) is 0 Å². The zero-order valence-corrected chi connectivity index (χ0v) is 5.35. The SMILES string of the molecule is C=CCC(C)(C)N=O. The van der Waals surface area contributed by atoms with Crippen LogP contribution >= 0.6 is 0 Å². The molecule has 46 valence electrons. The summed E-state index contributed by atoms with van der Waals surface area (Å²) in [6.07, 6.45) is 2.35. The van der Waals surface area contributed by atoms with Gasteiger partial charge in [-0.2, -0.15) is 4.91 Å². The van der Waals surface area contributed by atoms with E-state index in [4.69, 9.17) is 0 Å². The summed E-state index contributed by atoms with van der Waals surface area (Å²) >= 11 is 0. The van der Waals surface area contributed by atoms with Crippen LogP contribution in [0.5, 0.6) is 0 Å². The van der Waals surface area contributed by atoms with Crippen molar-refractivity contribution in [1.29, 1.82) is 0 Å². The minimum absolute atomic E-state index is 0.457. The molecule has 0 saturated heterocycles. The summed E-state index contributed by atoms with van der Waals surface area (Å²) in [4.78, 5) is 9.92. The van der Waals surface area contributed by atoms with Crippen molar-refractivity contribution < 1.29 is 0 Å². The molecule has 0 fully saturated rings. The molecule has 0 unspecified atom stereocenters. The molecule has 2 heteroatoms. The molecule has 0 atom stereocenters. The molecule has 0 radical (unpaired) electrons. The first kappa shape index (κ1) is 7.34. The van der Waals surface area contributed by atoms with Gasteiger partial charge in [0, 0.05) is 0 Å². The third kappa shape index (κ3) is 2.50. The quantitative estimate of drug-likeness (QED) is 0.407. The van der Waals surface area contributed by atoms with Crippen LogP contribution in [0, 0.1) is 4.91 Å². The molecule has 0 rings (SSSR count). The Labute approximate surface area is 49.6 Å². The lowest BCUT2D eigenvalue weighted by molar-refractivity contribution is 0.526. The minimum Gasteiger partial charge on any atom is -0.150 e. The molecular formula is C6H11NO. The van der Waals surface area contributed by atoms with E-state index in [1.54, 1.807) is 19.9 Å². The Bertz CT molecular complexity index is 96.7. The van der Waals surface area contributed by atoms with E-state index in [9.17, 15) is 4.91 Å². The fourth-order valence-electron chi connectivity index (χ4n) is 0.390. The van der Waals surface area contributed by atoms with Gasteiger partial charge in [0.05, 0.1) is 0 Å². The van der Waals surface area contributed by atoms with Gasteiger partial charge in [0.2, 0.25) is 0 Å². The van der Waals surface area contributed by atoms with Crippen molar-refractivity contribution in [2.24, 2.45) is 5.18 Å². The summed E-state index contributed by atoms with van der Waals surface area (Å²) < 4.78 is 0. The van der Waals surface area contributed by atoms with Gasteiger partial charge in [-0.1, -0.05) is 11.3 Å². The monoisotopic (exact) mass is 113 g/mol. The molecule has 0 aliphatic heterocycles. The molecular weight excluding hydrogens is 102 g/mol. The third-order valence-electron chi connectivity index (χ3n) is 0.891. The summed E-state index contributed by atoms with van der Waals surface area (Å²) in [6.45, 7) is 7.05. The number of rotatable bonds is 3. The van der Waals surface area contributed by atoms with E-state index < -0.39 is 5.54 Å². The molecule has 8 heavy (non-hydrogen) atoms. The van der Waals surface area contributed by atoms with Gasteiger partial charge >= 0.3 is 0 Å². The Morgan fingerprint density at radius 3 is 2.38 bits per heavy atom. The second-order valence-corrected chi connectivity index (χ2v) is 2.40. The van der Waals surface area contributed by atoms with Crippen molar-refractivity contribution in [2.45, 2.75) is 25.8 Å². The predicted molar refractivity (Wildman–Crippen MR) is 34.7 cm³/mol. The molecule has 0 spiro atoms. The number of hydrogen-bond acceptors (Lipinski definition) is 2. The average Bonchev–Trinajstić information content (AvgIpc) is 1.67. The smallest absolute Gasteiger partial charge is 0.100 e. The molecule has 0 aromatic rings. The number of nitrogens with zero attached hydrogens (tertiary/aromatic N) is 1. The standard InChI is InChI=1S/C6H11NO/c1-4-5-6(2,3)7-8/h4H,1,5H2,2-3H3. The summed E-state index contributed by atoms with van der Waals surface area (Å²) in [6, 6.07) is 0. The van der Waals surface area contributed by atoms with Crippen molar-refractivity contribution in [3.63, 3.8) is 0 Å². The highest BCUT2D eigenvalue weighted by atomic mass is 16.3. The Hall–Kier alpha value is -0.660. The maximum Gasteiger partial charge on any atom is 0.100 e. The topological polar surface area (TPSA) is 29.4 Å². The van der Waals surface area contributed by atoms with Crippen LogP contribution in [0.25, 0.3) is 0 Å². The second-order valence-electron chi connectivity index (χ2n) is 2.40.